The van der Waals surface area contributed by atoms with Gasteiger partial charge in [0.25, 0.3) is 0 Å². The van der Waals surface area contributed by atoms with Gasteiger partial charge in [0.15, 0.2) is 0 Å². The van der Waals surface area contributed by atoms with E-state index in [2.05, 4.69) is 12.1 Å². The molecule has 0 spiro atoms. The molecular formula is C9H6S. The zero-order chi connectivity index (χ0) is 6.97. The normalized spacial score (nSPS) is 13.8. The number of hydrogen-bond donors (Lipinski definition) is 0. The van der Waals surface area contributed by atoms with Crippen molar-refractivity contribution < 1.29 is 0 Å². The molecule has 0 saturated carbocycles. The summed E-state index contributed by atoms with van der Waals surface area (Å²) in [7, 11) is 0. The summed E-state index contributed by atoms with van der Waals surface area (Å²) in [6.07, 6.45) is 4.04. The lowest BCUT2D eigenvalue weighted by atomic mass is 10.3. The SMILES string of the molecule is S=C1C=c2ccccc2=C1. The first-order valence-corrected chi connectivity index (χ1v) is 3.59. The Morgan fingerprint density at radius 2 is 1.40 bits per heavy atom. The van der Waals surface area contributed by atoms with Crippen LogP contribution < -0.4 is 10.4 Å². The van der Waals surface area contributed by atoms with E-state index in [4.69, 9.17) is 12.2 Å². The maximum atomic E-state index is 5.01. The van der Waals surface area contributed by atoms with Crippen molar-refractivity contribution >= 4 is 29.2 Å². The van der Waals surface area contributed by atoms with E-state index < -0.39 is 0 Å². The highest BCUT2D eigenvalue weighted by Crippen LogP contribution is 1.86. The standard InChI is InChI=1S/C9H6S/c10-9-5-7-3-1-2-4-8(7)6-9/h1-6H. The first-order chi connectivity index (χ1) is 4.86. The van der Waals surface area contributed by atoms with E-state index in [1.165, 1.54) is 10.4 Å². The summed E-state index contributed by atoms with van der Waals surface area (Å²) >= 11 is 5.01. The molecule has 0 saturated heterocycles. The van der Waals surface area contributed by atoms with Crippen molar-refractivity contribution in [3.8, 4) is 0 Å². The lowest BCUT2D eigenvalue weighted by molar-refractivity contribution is 1.55. The van der Waals surface area contributed by atoms with Crippen molar-refractivity contribution in [2.45, 2.75) is 0 Å². The predicted octanol–water partition coefficient (Wildman–Crippen LogP) is 0.631. The molecule has 0 aliphatic heterocycles. The second-order valence-corrected chi connectivity index (χ2v) is 2.79. The Kier molecular flexibility index (Phi) is 1.18. The molecule has 0 radical (unpaired) electrons. The van der Waals surface area contributed by atoms with Gasteiger partial charge >= 0.3 is 0 Å². The van der Waals surface area contributed by atoms with Gasteiger partial charge in [-0.3, -0.25) is 0 Å². The Morgan fingerprint density at radius 1 is 0.900 bits per heavy atom. The van der Waals surface area contributed by atoms with Gasteiger partial charge in [-0.1, -0.05) is 36.5 Å². The topological polar surface area (TPSA) is 0 Å². The molecule has 1 aliphatic rings. The third-order valence-corrected chi connectivity index (χ3v) is 1.83. The van der Waals surface area contributed by atoms with E-state index in [0.717, 1.165) is 4.86 Å². The van der Waals surface area contributed by atoms with Crippen molar-refractivity contribution in [1.82, 2.24) is 0 Å². The van der Waals surface area contributed by atoms with Crippen LogP contribution in [0.4, 0.5) is 0 Å². The fourth-order valence-corrected chi connectivity index (χ4v) is 1.38. The Hall–Kier alpha value is -0.950. The molecule has 0 fully saturated rings. The van der Waals surface area contributed by atoms with Crippen LogP contribution in [0.15, 0.2) is 24.3 Å². The molecule has 0 bridgehead atoms. The van der Waals surface area contributed by atoms with E-state index in [1.807, 2.05) is 24.3 Å². The zero-order valence-electron chi connectivity index (χ0n) is 5.37. The van der Waals surface area contributed by atoms with Gasteiger partial charge in [0.05, 0.1) is 0 Å². The quantitative estimate of drug-likeness (QED) is 0.484. The fourth-order valence-electron chi connectivity index (χ4n) is 1.12. The molecule has 1 heteroatoms. The fraction of sp³-hybridized carbons (Fsp3) is 0. The molecule has 0 heterocycles. The van der Waals surface area contributed by atoms with Crippen molar-refractivity contribution in [3.05, 3.63) is 34.7 Å². The number of thiocarbonyl (C=S) groups is 1. The lowest BCUT2D eigenvalue weighted by Gasteiger charge is -1.79. The van der Waals surface area contributed by atoms with Gasteiger partial charge < -0.3 is 0 Å². The Bertz CT molecular complexity index is 350. The maximum absolute atomic E-state index is 5.01. The van der Waals surface area contributed by atoms with E-state index in [9.17, 15) is 0 Å². The molecule has 10 heavy (non-hydrogen) atoms. The van der Waals surface area contributed by atoms with Gasteiger partial charge in [-0.15, -0.1) is 0 Å². The second-order valence-electron chi connectivity index (χ2n) is 2.32. The van der Waals surface area contributed by atoms with E-state index in [0.29, 0.717) is 0 Å². The molecular weight excluding hydrogens is 140 g/mol. The molecule has 1 aromatic carbocycles. The number of rotatable bonds is 0. The van der Waals surface area contributed by atoms with Crippen molar-refractivity contribution in [3.63, 3.8) is 0 Å². The summed E-state index contributed by atoms with van der Waals surface area (Å²) in [4.78, 5) is 0.932. The van der Waals surface area contributed by atoms with Crippen LogP contribution in [0.2, 0.25) is 0 Å². The molecule has 0 aromatic heterocycles. The highest BCUT2D eigenvalue weighted by atomic mass is 32.1. The summed E-state index contributed by atoms with van der Waals surface area (Å²) in [5, 5.41) is 2.49. The number of hydrogen-bond acceptors (Lipinski definition) is 1. The second kappa shape index (κ2) is 2.03. The minimum Gasteiger partial charge on any atom is -0.0801 e. The highest BCUT2D eigenvalue weighted by Gasteiger charge is 1.94. The molecule has 48 valence electrons. The van der Waals surface area contributed by atoms with Crippen LogP contribution in [0, 0.1) is 0 Å². The van der Waals surface area contributed by atoms with Crippen LogP contribution in [0.1, 0.15) is 0 Å². The summed E-state index contributed by atoms with van der Waals surface area (Å²) in [6.45, 7) is 0. The van der Waals surface area contributed by atoms with Gasteiger partial charge in [-0.2, -0.15) is 0 Å². The molecule has 1 aromatic rings. The third-order valence-electron chi connectivity index (χ3n) is 1.59. The van der Waals surface area contributed by atoms with Crippen LogP contribution in [-0.4, -0.2) is 4.86 Å². The van der Waals surface area contributed by atoms with Crippen LogP contribution in [0.25, 0.3) is 12.2 Å². The van der Waals surface area contributed by atoms with E-state index >= 15 is 0 Å². The Balaban J connectivity index is 2.96. The van der Waals surface area contributed by atoms with Gasteiger partial charge in [-0.25, -0.2) is 0 Å². The average Bonchev–Trinajstić information content (AvgIpc) is 2.27. The lowest BCUT2D eigenvalue weighted by Crippen LogP contribution is -2.19. The Morgan fingerprint density at radius 3 is 1.90 bits per heavy atom. The molecule has 0 atom stereocenters. The largest absolute Gasteiger partial charge is 0.0801 e. The van der Waals surface area contributed by atoms with Crippen molar-refractivity contribution in [1.29, 1.82) is 0 Å². The third kappa shape index (κ3) is 0.792. The van der Waals surface area contributed by atoms with Gasteiger partial charge in [0.2, 0.25) is 0 Å². The van der Waals surface area contributed by atoms with Crippen molar-refractivity contribution in [2.24, 2.45) is 0 Å². The molecule has 0 nitrogen and oxygen atoms in total. The maximum Gasteiger partial charge on any atom is 0.0389 e. The monoisotopic (exact) mass is 146 g/mol. The summed E-state index contributed by atoms with van der Waals surface area (Å²) in [5.41, 5.74) is 0. The Labute approximate surface area is 64.5 Å². The minimum atomic E-state index is 0.932. The highest BCUT2D eigenvalue weighted by molar-refractivity contribution is 7.82. The van der Waals surface area contributed by atoms with E-state index in [-0.39, 0.29) is 0 Å². The minimum absolute atomic E-state index is 0.932. The summed E-state index contributed by atoms with van der Waals surface area (Å²) in [5.74, 6) is 0. The summed E-state index contributed by atoms with van der Waals surface area (Å²) in [6, 6.07) is 8.20. The van der Waals surface area contributed by atoms with Gasteiger partial charge in [0.1, 0.15) is 0 Å². The first kappa shape index (κ1) is 5.81. The van der Waals surface area contributed by atoms with Crippen molar-refractivity contribution in [2.75, 3.05) is 0 Å². The molecule has 1 aliphatic carbocycles. The molecule has 2 rings (SSSR count). The van der Waals surface area contributed by atoms with Crippen LogP contribution in [0.3, 0.4) is 0 Å². The first-order valence-electron chi connectivity index (χ1n) is 3.19. The van der Waals surface area contributed by atoms with Gasteiger partial charge in [0, 0.05) is 4.86 Å². The zero-order valence-corrected chi connectivity index (χ0v) is 6.19. The molecule has 0 amide bonds. The van der Waals surface area contributed by atoms with Crippen LogP contribution in [-0.2, 0) is 0 Å². The average molecular weight is 146 g/mol. The molecule has 0 N–H and O–H groups in total. The van der Waals surface area contributed by atoms with Crippen LogP contribution in [0.5, 0.6) is 0 Å². The summed E-state index contributed by atoms with van der Waals surface area (Å²) < 4.78 is 0. The van der Waals surface area contributed by atoms with Crippen LogP contribution >= 0.6 is 12.2 Å². The molecule has 0 unspecified atom stereocenters. The number of fused-ring (bicyclic) bond motifs is 1. The van der Waals surface area contributed by atoms with E-state index in [1.54, 1.807) is 0 Å². The predicted molar refractivity (Wildman–Crippen MR) is 47.2 cm³/mol. The number of benzene rings is 1. The van der Waals surface area contributed by atoms with Gasteiger partial charge in [-0.05, 0) is 22.6 Å². The smallest absolute Gasteiger partial charge is 0.0389 e.